The number of nitrogens with two attached hydrogens (primary N) is 1. The summed E-state index contributed by atoms with van der Waals surface area (Å²) in [7, 11) is 0. The van der Waals surface area contributed by atoms with Crippen molar-refractivity contribution in [2.24, 2.45) is 0 Å². The van der Waals surface area contributed by atoms with Crippen molar-refractivity contribution < 1.29 is 9.53 Å². The molecule has 0 fully saturated rings. The van der Waals surface area contributed by atoms with Gasteiger partial charge in [0, 0.05) is 5.69 Å². The summed E-state index contributed by atoms with van der Waals surface area (Å²) in [5, 5.41) is 11.5. The first-order valence-electron chi connectivity index (χ1n) is 9.75. The molecule has 0 spiro atoms. The van der Waals surface area contributed by atoms with Gasteiger partial charge in [0.05, 0.1) is 5.75 Å². The molecule has 0 atom stereocenters. The zero-order chi connectivity index (χ0) is 21.7. The van der Waals surface area contributed by atoms with E-state index >= 15 is 0 Å². The van der Waals surface area contributed by atoms with Crippen LogP contribution in [0, 0.1) is 13.8 Å². The van der Waals surface area contributed by atoms with E-state index in [1.165, 1.54) is 22.0 Å². The summed E-state index contributed by atoms with van der Waals surface area (Å²) in [5.41, 5.74) is 4.17. The number of anilines is 1. The van der Waals surface area contributed by atoms with E-state index in [2.05, 4.69) is 29.4 Å². The van der Waals surface area contributed by atoms with E-state index in [1.807, 2.05) is 56.3 Å². The Bertz CT molecular complexity index is 1010. The number of hydrogen-bond acceptors (Lipinski definition) is 6. The lowest BCUT2D eigenvalue weighted by molar-refractivity contribution is -0.113. The Kier molecular flexibility index (Phi) is 6.99. The number of nitrogens with one attached hydrogen (secondary N) is 1. The molecule has 3 rings (SSSR count). The molecule has 158 valence electrons. The molecule has 3 N–H and O–H groups in total. The SMILES string of the molecule is Cc1ccc(C)c(NC(=O)CSc2nnc(COc3ccc(C(C)C)cc3)n2N)c1. The molecule has 1 aromatic heterocycles. The Morgan fingerprint density at radius 2 is 1.90 bits per heavy atom. The average Bonchev–Trinajstić information content (AvgIpc) is 3.07. The number of ether oxygens (including phenoxy) is 1. The van der Waals surface area contributed by atoms with Crippen molar-refractivity contribution in [3.8, 4) is 5.75 Å². The van der Waals surface area contributed by atoms with Gasteiger partial charge in [0.25, 0.3) is 0 Å². The van der Waals surface area contributed by atoms with Crippen molar-refractivity contribution >= 4 is 23.4 Å². The van der Waals surface area contributed by atoms with Gasteiger partial charge >= 0.3 is 0 Å². The van der Waals surface area contributed by atoms with Crippen LogP contribution in [0.3, 0.4) is 0 Å². The number of nitrogen functional groups attached to an aromatic ring is 1. The molecule has 2 aromatic carbocycles. The van der Waals surface area contributed by atoms with Crippen LogP contribution in [0.5, 0.6) is 5.75 Å². The molecule has 0 bridgehead atoms. The highest BCUT2D eigenvalue weighted by molar-refractivity contribution is 7.99. The van der Waals surface area contributed by atoms with Crippen LogP contribution in [0.25, 0.3) is 0 Å². The molecule has 0 saturated carbocycles. The van der Waals surface area contributed by atoms with E-state index in [4.69, 9.17) is 10.6 Å². The molecule has 0 aliphatic rings. The second-order valence-corrected chi connectivity index (χ2v) is 8.38. The quantitative estimate of drug-likeness (QED) is 0.418. The number of hydrogen-bond donors (Lipinski definition) is 2. The fourth-order valence-electron chi connectivity index (χ4n) is 2.79. The molecule has 0 saturated heterocycles. The standard InChI is InChI=1S/C22H27N5O2S/c1-14(2)17-7-9-18(10-8-17)29-12-20-25-26-22(27(20)23)30-13-21(28)24-19-11-15(3)5-6-16(19)4/h5-11,14H,12-13,23H2,1-4H3,(H,24,28). The van der Waals surface area contributed by atoms with Crippen LogP contribution in [-0.4, -0.2) is 26.5 Å². The van der Waals surface area contributed by atoms with Crippen LogP contribution >= 0.6 is 11.8 Å². The van der Waals surface area contributed by atoms with Crippen molar-refractivity contribution in [3.05, 3.63) is 65.0 Å². The topological polar surface area (TPSA) is 95.1 Å². The number of aromatic nitrogens is 3. The maximum absolute atomic E-state index is 12.3. The van der Waals surface area contributed by atoms with Crippen LogP contribution in [0.15, 0.2) is 47.6 Å². The summed E-state index contributed by atoms with van der Waals surface area (Å²) >= 11 is 1.23. The van der Waals surface area contributed by atoms with Crippen molar-refractivity contribution in [2.75, 3.05) is 16.9 Å². The first-order valence-corrected chi connectivity index (χ1v) is 10.7. The predicted octanol–water partition coefficient (Wildman–Crippen LogP) is 4.04. The third-order valence-electron chi connectivity index (χ3n) is 4.65. The van der Waals surface area contributed by atoms with Gasteiger partial charge in [-0.05, 0) is 54.7 Å². The zero-order valence-electron chi connectivity index (χ0n) is 17.7. The van der Waals surface area contributed by atoms with Gasteiger partial charge in [0.2, 0.25) is 11.1 Å². The Balaban J connectivity index is 1.53. The number of carbonyl (C=O) groups is 1. The van der Waals surface area contributed by atoms with E-state index in [-0.39, 0.29) is 18.3 Å². The van der Waals surface area contributed by atoms with Gasteiger partial charge in [-0.3, -0.25) is 4.79 Å². The zero-order valence-corrected chi connectivity index (χ0v) is 18.5. The van der Waals surface area contributed by atoms with E-state index in [9.17, 15) is 4.79 Å². The Labute approximate surface area is 181 Å². The number of thioether (sulfide) groups is 1. The summed E-state index contributed by atoms with van der Waals surface area (Å²) in [6, 6.07) is 13.9. The van der Waals surface area contributed by atoms with Crippen molar-refractivity contribution in [2.45, 2.75) is 45.4 Å². The van der Waals surface area contributed by atoms with E-state index < -0.39 is 0 Å². The molecule has 3 aromatic rings. The number of amides is 1. The first-order chi connectivity index (χ1) is 14.3. The minimum atomic E-state index is -0.125. The van der Waals surface area contributed by atoms with E-state index in [0.717, 1.165) is 22.6 Å². The van der Waals surface area contributed by atoms with Crippen LogP contribution < -0.4 is 15.9 Å². The molecule has 1 heterocycles. The second-order valence-electron chi connectivity index (χ2n) is 7.44. The number of rotatable bonds is 8. The third-order valence-corrected chi connectivity index (χ3v) is 5.59. The minimum Gasteiger partial charge on any atom is -0.486 e. The lowest BCUT2D eigenvalue weighted by Gasteiger charge is -2.10. The molecular weight excluding hydrogens is 398 g/mol. The first kappa shape index (κ1) is 21.7. The van der Waals surface area contributed by atoms with Gasteiger partial charge in [-0.25, -0.2) is 4.68 Å². The minimum absolute atomic E-state index is 0.125. The van der Waals surface area contributed by atoms with Crippen molar-refractivity contribution in [1.82, 2.24) is 14.9 Å². The van der Waals surface area contributed by atoms with Crippen LogP contribution in [0.2, 0.25) is 0 Å². The fourth-order valence-corrected chi connectivity index (χ4v) is 3.46. The monoisotopic (exact) mass is 425 g/mol. The van der Waals surface area contributed by atoms with Gasteiger partial charge < -0.3 is 15.9 Å². The second kappa shape index (κ2) is 9.67. The average molecular weight is 426 g/mol. The number of aryl methyl sites for hydroxylation is 2. The molecule has 0 aliphatic heterocycles. The van der Waals surface area contributed by atoms with Crippen molar-refractivity contribution in [3.63, 3.8) is 0 Å². The van der Waals surface area contributed by atoms with Gasteiger partial charge in [0.1, 0.15) is 12.4 Å². The summed E-state index contributed by atoms with van der Waals surface area (Å²) in [5.74, 6) is 7.83. The van der Waals surface area contributed by atoms with Crippen LogP contribution in [0.1, 0.15) is 42.3 Å². The lowest BCUT2D eigenvalue weighted by atomic mass is 10.0. The Morgan fingerprint density at radius 1 is 1.17 bits per heavy atom. The van der Waals surface area contributed by atoms with E-state index in [0.29, 0.717) is 16.9 Å². The molecular formula is C22H27N5O2S. The largest absolute Gasteiger partial charge is 0.486 e. The fraction of sp³-hybridized carbons (Fsp3) is 0.318. The lowest BCUT2D eigenvalue weighted by Crippen LogP contribution is -2.18. The molecule has 8 heteroatoms. The highest BCUT2D eigenvalue weighted by atomic mass is 32.2. The Morgan fingerprint density at radius 3 is 2.60 bits per heavy atom. The maximum Gasteiger partial charge on any atom is 0.234 e. The number of carbonyl (C=O) groups excluding carboxylic acids is 1. The molecule has 0 unspecified atom stereocenters. The Hall–Kier alpha value is -3.00. The molecule has 1 amide bonds. The maximum atomic E-state index is 12.3. The van der Waals surface area contributed by atoms with E-state index in [1.54, 1.807) is 0 Å². The normalized spacial score (nSPS) is 11.0. The van der Waals surface area contributed by atoms with Crippen LogP contribution in [-0.2, 0) is 11.4 Å². The smallest absolute Gasteiger partial charge is 0.234 e. The van der Waals surface area contributed by atoms with Crippen LogP contribution in [0.4, 0.5) is 5.69 Å². The van der Waals surface area contributed by atoms with Gasteiger partial charge in [-0.2, -0.15) is 0 Å². The summed E-state index contributed by atoms with van der Waals surface area (Å²) < 4.78 is 7.12. The number of nitrogens with zero attached hydrogens (tertiary/aromatic N) is 3. The molecule has 7 nitrogen and oxygen atoms in total. The molecule has 0 aliphatic carbocycles. The van der Waals surface area contributed by atoms with Gasteiger partial charge in [0.15, 0.2) is 5.82 Å². The van der Waals surface area contributed by atoms with Gasteiger partial charge in [-0.15, -0.1) is 10.2 Å². The summed E-state index contributed by atoms with van der Waals surface area (Å²) in [6.45, 7) is 8.44. The predicted molar refractivity (Wildman–Crippen MR) is 120 cm³/mol. The third kappa shape index (κ3) is 5.54. The molecule has 0 radical (unpaired) electrons. The summed E-state index contributed by atoms with van der Waals surface area (Å²) in [4.78, 5) is 12.3. The highest BCUT2D eigenvalue weighted by Crippen LogP contribution is 2.21. The highest BCUT2D eigenvalue weighted by Gasteiger charge is 2.13. The van der Waals surface area contributed by atoms with Gasteiger partial charge in [-0.1, -0.05) is 49.9 Å². The van der Waals surface area contributed by atoms with Crippen molar-refractivity contribution in [1.29, 1.82) is 0 Å². The summed E-state index contributed by atoms with van der Waals surface area (Å²) in [6.07, 6.45) is 0. The molecule has 30 heavy (non-hydrogen) atoms. The number of benzene rings is 2.